The van der Waals surface area contributed by atoms with Gasteiger partial charge >= 0.3 is 29.4 Å². The Bertz CT molecular complexity index is 2170. The van der Waals surface area contributed by atoms with Gasteiger partial charge in [-0.05, 0) is 32.1 Å². The van der Waals surface area contributed by atoms with Gasteiger partial charge in [0.1, 0.15) is 36.3 Å². The highest BCUT2D eigenvalue weighted by Crippen LogP contribution is 2.61. The van der Waals surface area contributed by atoms with Crippen molar-refractivity contribution in [3.63, 3.8) is 0 Å². The zero-order valence-electron chi connectivity index (χ0n) is 35.1. The maximum Gasteiger partial charge on any atom is 0.481 e. The molecule has 0 aliphatic carbocycles. The summed E-state index contributed by atoms with van der Waals surface area (Å²) >= 11 is 1.07. The highest BCUT2D eigenvalue weighted by atomic mass is 32.2. The van der Waals surface area contributed by atoms with Crippen LogP contribution in [0.15, 0.2) is 49.1 Å². The summed E-state index contributed by atoms with van der Waals surface area (Å²) in [5.41, 5.74) is 4.24. The number of anilines is 1. The molecule has 2 amide bonds. The number of fused-ring (bicyclic) bond motifs is 1. The number of nitrogens with one attached hydrogen (secondary N) is 2. The van der Waals surface area contributed by atoms with Gasteiger partial charge in [0.15, 0.2) is 22.8 Å². The molecule has 0 bridgehead atoms. The monoisotopic (exact) mass is 1000 g/mol. The van der Waals surface area contributed by atoms with Crippen LogP contribution in [0.25, 0.3) is 11.2 Å². The molecule has 1 saturated heterocycles. The van der Waals surface area contributed by atoms with Crippen LogP contribution < -0.4 is 16.4 Å². The van der Waals surface area contributed by atoms with E-state index in [2.05, 4.69) is 34.4 Å². The molecule has 2 aromatic rings. The SMILES string of the molecule is CC(C)(COP(=O)(O)OP(=O)(O)OCC1OC(n2cnc3c(N)ncnc32)C(O)C1OP(=O)(O)O)C(O)C(=O)NCCC(=O)NCCSC(=O)CC/C=C/CCCC/C=C/C=C/C(=O)O. The quantitative estimate of drug-likeness (QED) is 0.0182. The zero-order valence-corrected chi connectivity index (χ0v) is 38.6. The van der Waals surface area contributed by atoms with Gasteiger partial charge < -0.3 is 56.0 Å². The standard InChI is InChI=1S/C35H54N7O19P3S/c1-35(2,30(48)33(49)38-16-15-24(43)37-17-18-65-26(46)14-12-10-8-6-4-3-5-7-9-11-13-25(44)45)20-58-64(55,56)61-63(53,54)57-19-23-29(60-62(50,51)52)28(47)34(59-23)42-22-41-27-31(36)39-21-40-32(27)42/h7-11,13,21-23,28-30,34,47-48H,3-6,12,14-20H2,1-2H3,(H,37,43)(H,38,49)(H,44,45)(H,53,54)(H,55,56)(H2,36,39,40)(H2,50,51,52)/b9-7+,10-8+,13-11+. The number of rotatable bonds is 29. The molecule has 1 aliphatic rings. The first-order valence-corrected chi connectivity index (χ1v) is 25.2. The Morgan fingerprint density at radius 2 is 1.63 bits per heavy atom. The molecule has 0 radical (unpaired) electrons. The maximum absolute atomic E-state index is 12.7. The summed E-state index contributed by atoms with van der Waals surface area (Å²) in [6.45, 7) is 0.416. The van der Waals surface area contributed by atoms with Crippen LogP contribution in [0.5, 0.6) is 0 Å². The number of aliphatic carboxylic acids is 1. The highest BCUT2D eigenvalue weighted by molar-refractivity contribution is 8.13. The molecule has 2 aromatic heterocycles. The molecule has 3 heterocycles. The maximum atomic E-state index is 12.7. The van der Waals surface area contributed by atoms with Crippen LogP contribution in [0.3, 0.4) is 0 Å². The Labute approximate surface area is 376 Å². The van der Waals surface area contributed by atoms with E-state index in [4.69, 9.17) is 24.6 Å². The van der Waals surface area contributed by atoms with E-state index in [0.29, 0.717) is 18.6 Å². The smallest absolute Gasteiger partial charge is 0.478 e. The molecule has 0 spiro atoms. The summed E-state index contributed by atoms with van der Waals surface area (Å²) in [5, 5.41) is 34.9. The Morgan fingerprint density at radius 1 is 0.954 bits per heavy atom. The average Bonchev–Trinajstić information content (AvgIpc) is 3.77. The van der Waals surface area contributed by atoms with Crippen LogP contribution in [0.4, 0.5) is 5.82 Å². The number of allylic oxidation sites excluding steroid dienone is 5. The fourth-order valence-electron chi connectivity index (χ4n) is 5.64. The molecule has 1 fully saturated rings. The lowest BCUT2D eigenvalue weighted by atomic mass is 9.87. The first kappa shape index (κ1) is 55.6. The number of phosphoric acid groups is 3. The van der Waals surface area contributed by atoms with E-state index in [1.54, 1.807) is 6.08 Å². The Hall–Kier alpha value is -3.75. The van der Waals surface area contributed by atoms with Gasteiger partial charge in [0.05, 0.1) is 19.5 Å². The fourth-order valence-corrected chi connectivity index (χ4v) is 9.16. The Kier molecular flexibility index (Phi) is 22.2. The second-order valence-electron chi connectivity index (χ2n) is 14.7. The lowest BCUT2D eigenvalue weighted by molar-refractivity contribution is -0.137. The van der Waals surface area contributed by atoms with E-state index >= 15 is 0 Å². The summed E-state index contributed by atoms with van der Waals surface area (Å²) in [6.07, 6.45) is 7.56. The minimum Gasteiger partial charge on any atom is -0.478 e. The third-order valence-corrected chi connectivity index (χ3v) is 13.0. The van der Waals surface area contributed by atoms with Crippen molar-refractivity contribution < 1.29 is 90.4 Å². The number of aliphatic hydroxyl groups is 2. The number of unbranched alkanes of at least 4 members (excludes halogenated alkanes) is 3. The van der Waals surface area contributed by atoms with E-state index in [1.165, 1.54) is 19.9 Å². The molecule has 30 heteroatoms. The second-order valence-corrected chi connectivity index (χ2v) is 20.1. The van der Waals surface area contributed by atoms with Crippen molar-refractivity contribution in [2.24, 2.45) is 5.41 Å². The van der Waals surface area contributed by atoms with E-state index < -0.39 is 90.5 Å². The molecule has 7 unspecified atom stereocenters. The number of nitrogens with zero attached hydrogens (tertiary/aromatic N) is 4. The predicted octanol–water partition coefficient (Wildman–Crippen LogP) is 1.76. The number of nitrogen functional groups attached to an aromatic ring is 1. The van der Waals surface area contributed by atoms with Gasteiger partial charge in [0.2, 0.25) is 11.8 Å². The lowest BCUT2D eigenvalue weighted by Gasteiger charge is -2.30. The van der Waals surface area contributed by atoms with Crippen molar-refractivity contribution in [3.05, 3.63) is 49.1 Å². The number of thioether (sulfide) groups is 1. The van der Waals surface area contributed by atoms with Crippen molar-refractivity contribution in [1.29, 1.82) is 0 Å². The number of carbonyl (C=O) groups is 4. The largest absolute Gasteiger partial charge is 0.481 e. The number of carboxylic acid groups (broad SMARTS) is 1. The van der Waals surface area contributed by atoms with Crippen LogP contribution in [0, 0.1) is 5.41 Å². The normalized spacial score (nSPS) is 20.6. The van der Waals surface area contributed by atoms with Crippen molar-refractivity contribution in [1.82, 2.24) is 30.2 Å². The number of ether oxygens (including phenoxy) is 1. The fraction of sp³-hybridized carbons (Fsp3) is 0.571. The number of carboxylic acids is 1. The molecule has 7 atom stereocenters. The number of nitrogens with two attached hydrogens (primary N) is 1. The summed E-state index contributed by atoms with van der Waals surface area (Å²) in [5.74, 6) is -2.16. The molecule has 364 valence electrons. The summed E-state index contributed by atoms with van der Waals surface area (Å²) in [6, 6.07) is 0. The molecule has 0 saturated carbocycles. The topological polar surface area (TPSA) is 401 Å². The molecular formula is C35H54N7O19P3S. The number of carbonyl (C=O) groups excluding carboxylic acids is 3. The molecule has 65 heavy (non-hydrogen) atoms. The first-order chi connectivity index (χ1) is 30.4. The molecular weight excluding hydrogens is 947 g/mol. The van der Waals surface area contributed by atoms with Crippen molar-refractivity contribution in [2.45, 2.75) is 89.4 Å². The zero-order chi connectivity index (χ0) is 48.4. The van der Waals surface area contributed by atoms with E-state index in [-0.39, 0.29) is 41.6 Å². The van der Waals surface area contributed by atoms with Gasteiger partial charge in [0.25, 0.3) is 0 Å². The minimum atomic E-state index is -5.59. The second kappa shape index (κ2) is 26.0. The van der Waals surface area contributed by atoms with Crippen LogP contribution in [0.2, 0.25) is 0 Å². The van der Waals surface area contributed by atoms with Crippen LogP contribution in [0.1, 0.15) is 65.0 Å². The molecule has 1 aliphatic heterocycles. The van der Waals surface area contributed by atoms with E-state index in [1.807, 2.05) is 18.2 Å². The highest BCUT2D eigenvalue weighted by Gasteiger charge is 2.50. The number of imidazole rings is 1. The van der Waals surface area contributed by atoms with Gasteiger partial charge in [-0.1, -0.05) is 56.0 Å². The van der Waals surface area contributed by atoms with Crippen molar-refractivity contribution in [2.75, 3.05) is 37.8 Å². The van der Waals surface area contributed by atoms with Crippen LogP contribution in [-0.2, 0) is 55.5 Å². The molecule has 26 nitrogen and oxygen atoms in total. The number of phosphoric ester groups is 3. The van der Waals surface area contributed by atoms with Crippen LogP contribution >= 0.6 is 35.2 Å². The summed E-state index contributed by atoms with van der Waals surface area (Å²) in [7, 11) is -16.4. The summed E-state index contributed by atoms with van der Waals surface area (Å²) in [4.78, 5) is 98.4. The van der Waals surface area contributed by atoms with Gasteiger partial charge in [-0.2, -0.15) is 4.31 Å². The predicted molar refractivity (Wildman–Crippen MR) is 230 cm³/mol. The van der Waals surface area contributed by atoms with Gasteiger partial charge in [0, 0.05) is 43.2 Å². The average molecular weight is 1000 g/mol. The minimum absolute atomic E-state index is 0.0240. The molecule has 3 rings (SSSR count). The third-order valence-electron chi connectivity index (χ3n) is 8.92. The van der Waals surface area contributed by atoms with E-state index in [9.17, 15) is 62.7 Å². The van der Waals surface area contributed by atoms with Gasteiger partial charge in [-0.25, -0.2) is 33.4 Å². The first-order valence-electron chi connectivity index (χ1n) is 19.7. The molecule has 11 N–H and O–H groups in total. The van der Waals surface area contributed by atoms with Crippen molar-refractivity contribution in [3.8, 4) is 0 Å². The number of aromatic nitrogens is 4. The van der Waals surface area contributed by atoms with E-state index in [0.717, 1.165) is 60.7 Å². The Morgan fingerprint density at radius 3 is 2.32 bits per heavy atom. The van der Waals surface area contributed by atoms with Gasteiger partial charge in [-0.3, -0.25) is 32.5 Å². The molecule has 0 aromatic carbocycles. The lowest BCUT2D eigenvalue weighted by Crippen LogP contribution is -2.46. The summed E-state index contributed by atoms with van der Waals surface area (Å²) < 4.78 is 62.3. The van der Waals surface area contributed by atoms with Crippen molar-refractivity contribution >= 4 is 75.1 Å². The Balaban J connectivity index is 1.35. The van der Waals surface area contributed by atoms with Crippen LogP contribution in [-0.4, -0.2) is 134 Å². The number of aliphatic hydroxyl groups excluding tert-OH is 2. The number of hydrogen-bond acceptors (Lipinski definition) is 19. The van der Waals surface area contributed by atoms with Gasteiger partial charge in [-0.15, -0.1) is 0 Å². The number of hydrogen-bond donors (Lipinski definition) is 10. The number of amides is 2. The third kappa shape index (κ3) is 19.9.